The summed E-state index contributed by atoms with van der Waals surface area (Å²) in [6, 6.07) is 12.3. The van der Waals surface area contributed by atoms with E-state index < -0.39 is 10.0 Å². The minimum atomic E-state index is -3.88. The first-order chi connectivity index (χ1) is 12.6. The van der Waals surface area contributed by atoms with Crippen LogP contribution in [0.4, 0.5) is 5.69 Å². The highest BCUT2D eigenvalue weighted by Gasteiger charge is 2.28. The Morgan fingerprint density at radius 1 is 1.04 bits per heavy atom. The van der Waals surface area contributed by atoms with Crippen LogP contribution in [0.15, 0.2) is 47.4 Å². The van der Waals surface area contributed by atoms with E-state index >= 15 is 0 Å². The Balaban J connectivity index is 2.50. The molecule has 1 N–H and O–H groups in total. The standard InChI is InChI=1S/C21H28N2O3S/c1-6-18(5)22-21(24)14-23(20-13-16(3)7-10-17(20)4)27(25,26)19-11-8-15(2)9-12-19/h7-13,18H,6,14H2,1-5H3,(H,22,24)/t18-/m0/s1. The van der Waals surface area contributed by atoms with Gasteiger partial charge in [-0.2, -0.15) is 0 Å². The number of anilines is 1. The van der Waals surface area contributed by atoms with Crippen molar-refractivity contribution in [3.8, 4) is 0 Å². The highest BCUT2D eigenvalue weighted by Crippen LogP contribution is 2.28. The number of hydrogen-bond acceptors (Lipinski definition) is 3. The maximum Gasteiger partial charge on any atom is 0.264 e. The number of rotatable bonds is 7. The molecule has 5 nitrogen and oxygen atoms in total. The Morgan fingerprint density at radius 2 is 1.63 bits per heavy atom. The Morgan fingerprint density at radius 3 is 2.22 bits per heavy atom. The first kappa shape index (κ1) is 21.0. The van der Waals surface area contributed by atoms with Crippen molar-refractivity contribution in [2.24, 2.45) is 0 Å². The zero-order valence-electron chi connectivity index (χ0n) is 16.6. The molecule has 2 aromatic rings. The molecule has 0 aliphatic heterocycles. The molecule has 0 saturated heterocycles. The SMILES string of the molecule is CC[C@H](C)NC(=O)CN(c1cc(C)ccc1C)S(=O)(=O)c1ccc(C)cc1. The predicted octanol–water partition coefficient (Wildman–Crippen LogP) is 3.72. The number of nitrogens with zero attached hydrogens (tertiary/aromatic N) is 1. The molecule has 6 heteroatoms. The molecule has 0 heterocycles. The monoisotopic (exact) mass is 388 g/mol. The summed E-state index contributed by atoms with van der Waals surface area (Å²) in [7, 11) is -3.88. The van der Waals surface area contributed by atoms with Gasteiger partial charge in [0.1, 0.15) is 6.54 Å². The molecule has 27 heavy (non-hydrogen) atoms. The molecule has 2 aromatic carbocycles. The topological polar surface area (TPSA) is 66.5 Å². The number of amides is 1. The Bertz CT molecular complexity index is 906. The molecule has 0 aliphatic rings. The highest BCUT2D eigenvalue weighted by atomic mass is 32.2. The van der Waals surface area contributed by atoms with Crippen LogP contribution in [0.3, 0.4) is 0 Å². The number of nitrogens with one attached hydrogen (secondary N) is 1. The van der Waals surface area contributed by atoms with Crippen LogP contribution < -0.4 is 9.62 Å². The van der Waals surface area contributed by atoms with E-state index in [-0.39, 0.29) is 23.4 Å². The van der Waals surface area contributed by atoms with Crippen molar-refractivity contribution in [1.82, 2.24) is 5.32 Å². The molecule has 0 radical (unpaired) electrons. The maximum atomic E-state index is 13.3. The number of carbonyl (C=O) groups excluding carboxylic acids is 1. The van der Waals surface area contributed by atoms with Gasteiger partial charge >= 0.3 is 0 Å². The van der Waals surface area contributed by atoms with Gasteiger partial charge < -0.3 is 5.32 Å². The molecule has 0 aromatic heterocycles. The molecule has 2 rings (SSSR count). The molecule has 0 unspecified atom stereocenters. The van der Waals surface area contributed by atoms with E-state index in [9.17, 15) is 13.2 Å². The zero-order valence-corrected chi connectivity index (χ0v) is 17.4. The average Bonchev–Trinajstić information content (AvgIpc) is 2.62. The second-order valence-electron chi connectivity index (χ2n) is 6.99. The predicted molar refractivity (Wildman–Crippen MR) is 110 cm³/mol. The third kappa shape index (κ3) is 5.10. The molecule has 0 aliphatic carbocycles. The van der Waals surface area contributed by atoms with Crippen LogP contribution >= 0.6 is 0 Å². The van der Waals surface area contributed by atoms with Gasteiger partial charge in [0.15, 0.2) is 0 Å². The fraction of sp³-hybridized carbons (Fsp3) is 0.381. The van der Waals surface area contributed by atoms with E-state index in [1.807, 2.05) is 46.8 Å². The third-order valence-corrected chi connectivity index (χ3v) is 6.32. The molecule has 0 bridgehead atoms. The van der Waals surface area contributed by atoms with Crippen LogP contribution in [-0.2, 0) is 14.8 Å². The van der Waals surface area contributed by atoms with E-state index in [2.05, 4.69) is 5.32 Å². The van der Waals surface area contributed by atoms with Crippen LogP contribution in [0.5, 0.6) is 0 Å². The van der Waals surface area contributed by atoms with Crippen LogP contribution in [0.25, 0.3) is 0 Å². The fourth-order valence-corrected chi connectivity index (χ4v) is 4.16. The van der Waals surface area contributed by atoms with Gasteiger partial charge in [-0.1, -0.05) is 36.8 Å². The van der Waals surface area contributed by atoms with Crippen LogP contribution in [0, 0.1) is 20.8 Å². The molecular formula is C21H28N2O3S. The third-order valence-electron chi connectivity index (χ3n) is 4.55. The molecule has 1 amide bonds. The average molecular weight is 389 g/mol. The summed E-state index contributed by atoms with van der Waals surface area (Å²) in [5, 5.41) is 2.85. The van der Waals surface area contributed by atoms with Gasteiger partial charge in [-0.3, -0.25) is 9.10 Å². The number of hydrogen-bond donors (Lipinski definition) is 1. The number of benzene rings is 2. The second-order valence-corrected chi connectivity index (χ2v) is 8.85. The number of sulfonamides is 1. The second kappa shape index (κ2) is 8.57. The summed E-state index contributed by atoms with van der Waals surface area (Å²) in [6.45, 7) is 9.26. The lowest BCUT2D eigenvalue weighted by Crippen LogP contribution is -2.43. The Kier molecular flexibility index (Phi) is 6.65. The lowest BCUT2D eigenvalue weighted by molar-refractivity contribution is -0.120. The zero-order chi connectivity index (χ0) is 20.2. The Hall–Kier alpha value is -2.34. The largest absolute Gasteiger partial charge is 0.352 e. The summed E-state index contributed by atoms with van der Waals surface area (Å²) < 4.78 is 27.9. The van der Waals surface area contributed by atoms with Gasteiger partial charge in [0.25, 0.3) is 10.0 Å². The van der Waals surface area contributed by atoms with E-state index in [1.54, 1.807) is 30.3 Å². The summed E-state index contributed by atoms with van der Waals surface area (Å²) >= 11 is 0. The summed E-state index contributed by atoms with van der Waals surface area (Å²) in [6.07, 6.45) is 0.778. The van der Waals surface area contributed by atoms with E-state index in [0.717, 1.165) is 23.1 Å². The summed E-state index contributed by atoms with van der Waals surface area (Å²) in [4.78, 5) is 12.7. The minimum Gasteiger partial charge on any atom is -0.352 e. The molecule has 146 valence electrons. The van der Waals surface area contributed by atoms with Crippen molar-refractivity contribution in [3.05, 3.63) is 59.2 Å². The lowest BCUT2D eigenvalue weighted by Gasteiger charge is -2.26. The van der Waals surface area contributed by atoms with Gasteiger partial charge in [0, 0.05) is 6.04 Å². The summed E-state index contributed by atoms with van der Waals surface area (Å²) in [5.41, 5.74) is 3.23. The van der Waals surface area contributed by atoms with Gasteiger partial charge in [0.05, 0.1) is 10.6 Å². The first-order valence-corrected chi connectivity index (χ1v) is 10.5. The molecular weight excluding hydrogens is 360 g/mol. The van der Waals surface area contributed by atoms with Crippen molar-refractivity contribution in [1.29, 1.82) is 0 Å². The van der Waals surface area contributed by atoms with Crippen molar-refractivity contribution >= 4 is 21.6 Å². The van der Waals surface area contributed by atoms with Crippen molar-refractivity contribution in [2.75, 3.05) is 10.8 Å². The molecule has 0 saturated carbocycles. The molecule has 1 atom stereocenters. The van der Waals surface area contributed by atoms with E-state index in [0.29, 0.717) is 5.69 Å². The fourth-order valence-electron chi connectivity index (χ4n) is 2.68. The lowest BCUT2D eigenvalue weighted by atomic mass is 10.1. The summed E-state index contributed by atoms with van der Waals surface area (Å²) in [5.74, 6) is -0.319. The van der Waals surface area contributed by atoms with E-state index in [4.69, 9.17) is 0 Å². The number of carbonyl (C=O) groups is 1. The van der Waals surface area contributed by atoms with Crippen molar-refractivity contribution < 1.29 is 13.2 Å². The van der Waals surface area contributed by atoms with Crippen LogP contribution in [-0.4, -0.2) is 26.9 Å². The van der Waals surface area contributed by atoms with Crippen molar-refractivity contribution in [2.45, 2.75) is 52.0 Å². The Labute approximate surface area is 162 Å². The van der Waals surface area contributed by atoms with Gasteiger partial charge in [-0.05, 0) is 63.4 Å². The van der Waals surface area contributed by atoms with Crippen LogP contribution in [0.2, 0.25) is 0 Å². The van der Waals surface area contributed by atoms with Crippen LogP contribution in [0.1, 0.15) is 37.0 Å². The maximum absolute atomic E-state index is 13.3. The highest BCUT2D eigenvalue weighted by molar-refractivity contribution is 7.92. The van der Waals surface area contributed by atoms with Gasteiger partial charge in [-0.15, -0.1) is 0 Å². The van der Waals surface area contributed by atoms with Gasteiger partial charge in [0.2, 0.25) is 5.91 Å². The minimum absolute atomic E-state index is 0.0139. The molecule has 0 fully saturated rings. The number of aryl methyl sites for hydroxylation is 3. The van der Waals surface area contributed by atoms with E-state index in [1.165, 1.54) is 4.31 Å². The quantitative estimate of drug-likeness (QED) is 0.786. The molecule has 0 spiro atoms. The first-order valence-electron chi connectivity index (χ1n) is 9.11. The van der Waals surface area contributed by atoms with Gasteiger partial charge in [-0.25, -0.2) is 8.42 Å². The smallest absolute Gasteiger partial charge is 0.264 e. The normalized spacial score (nSPS) is 12.5. The van der Waals surface area contributed by atoms with Crippen molar-refractivity contribution in [3.63, 3.8) is 0 Å².